The van der Waals surface area contributed by atoms with Crippen molar-refractivity contribution in [1.29, 1.82) is 0 Å². The summed E-state index contributed by atoms with van der Waals surface area (Å²) < 4.78 is 6.10. The van der Waals surface area contributed by atoms with Gasteiger partial charge in [-0.15, -0.1) is 22.7 Å². The maximum atomic E-state index is 5.16. The van der Waals surface area contributed by atoms with Crippen molar-refractivity contribution < 1.29 is 0 Å². The van der Waals surface area contributed by atoms with Crippen molar-refractivity contribution in [2.24, 2.45) is 0 Å². The Bertz CT molecular complexity index is 3890. The van der Waals surface area contributed by atoms with Crippen LogP contribution in [0.4, 0.5) is 0 Å². The average Bonchev–Trinajstić information content (AvgIpc) is 4.09. The Morgan fingerprint density at radius 3 is 1.55 bits per heavy atom. The van der Waals surface area contributed by atoms with E-state index in [0.29, 0.717) is 17.5 Å². The average molecular weight is 866 g/mol. The van der Waals surface area contributed by atoms with Gasteiger partial charge in [0.25, 0.3) is 0 Å². The standard InChI is InChI=1S/C58H35N5S2/c1-4-15-36(16-5-1)43-24-13-26-46-47-27-14-25-44(54(47)65-53(43)46)39-30-32-51-48(34-39)45-23-10-11-28-50(45)63(51)42-22-12-21-41(33-42)58-59-49-31-29-40(35-52(49)64-58)57-61-55(37-17-6-2-7-18-37)60-56(62-57)38-19-8-3-9-20-38/h1-35H. The minimum Gasteiger partial charge on any atom is -0.309 e. The van der Waals surface area contributed by atoms with Crippen LogP contribution in [0, 0.1) is 0 Å². The molecule has 5 nitrogen and oxygen atoms in total. The Morgan fingerprint density at radius 2 is 0.862 bits per heavy atom. The van der Waals surface area contributed by atoms with Crippen LogP contribution in [0.5, 0.6) is 0 Å². The fourth-order valence-corrected chi connectivity index (χ4v) is 11.6. The Labute approximate surface area is 382 Å². The number of aromatic nitrogens is 5. The van der Waals surface area contributed by atoms with Gasteiger partial charge in [0.2, 0.25) is 0 Å². The molecule has 4 aromatic heterocycles. The van der Waals surface area contributed by atoms with Crippen molar-refractivity contribution in [3.63, 3.8) is 0 Å². The van der Waals surface area contributed by atoms with E-state index in [2.05, 4.69) is 156 Å². The molecule has 7 heteroatoms. The molecule has 0 unspecified atom stereocenters. The predicted octanol–water partition coefficient (Wildman–Crippen LogP) is 15.9. The van der Waals surface area contributed by atoms with Crippen LogP contribution in [0.1, 0.15) is 0 Å². The van der Waals surface area contributed by atoms with Crippen molar-refractivity contribution >= 4 is 74.9 Å². The first-order valence-corrected chi connectivity index (χ1v) is 23.3. The van der Waals surface area contributed by atoms with Gasteiger partial charge in [0.15, 0.2) is 17.5 Å². The largest absolute Gasteiger partial charge is 0.309 e. The number of hydrogen-bond acceptors (Lipinski definition) is 6. The van der Waals surface area contributed by atoms with E-state index in [1.165, 1.54) is 58.7 Å². The van der Waals surface area contributed by atoms with Crippen molar-refractivity contribution in [3.8, 4) is 72.7 Å². The maximum absolute atomic E-state index is 5.16. The van der Waals surface area contributed by atoms with Gasteiger partial charge in [-0.25, -0.2) is 19.9 Å². The van der Waals surface area contributed by atoms with Crippen LogP contribution >= 0.6 is 22.7 Å². The smallest absolute Gasteiger partial charge is 0.164 e. The number of nitrogens with zero attached hydrogens (tertiary/aromatic N) is 5. The van der Waals surface area contributed by atoms with Gasteiger partial charge in [0.1, 0.15) is 5.01 Å². The molecule has 0 amide bonds. The Balaban J connectivity index is 0.886. The van der Waals surface area contributed by atoms with Crippen LogP contribution in [-0.4, -0.2) is 24.5 Å². The molecule has 0 saturated heterocycles. The van der Waals surface area contributed by atoms with Gasteiger partial charge in [-0.3, -0.25) is 0 Å². The van der Waals surface area contributed by atoms with Crippen LogP contribution in [0.25, 0.3) is 125 Å². The summed E-state index contributed by atoms with van der Waals surface area (Å²) in [5.41, 5.74) is 13.2. The third-order valence-corrected chi connectivity index (χ3v) is 14.6. The second kappa shape index (κ2) is 15.3. The van der Waals surface area contributed by atoms with E-state index >= 15 is 0 Å². The molecule has 0 radical (unpaired) electrons. The number of rotatable bonds is 7. The summed E-state index contributed by atoms with van der Waals surface area (Å²) in [5, 5.41) is 6.01. The lowest BCUT2D eigenvalue weighted by Crippen LogP contribution is -1.99. The zero-order chi connectivity index (χ0) is 42.8. The van der Waals surface area contributed by atoms with Crippen molar-refractivity contribution in [2.75, 3.05) is 0 Å². The van der Waals surface area contributed by atoms with Gasteiger partial charge in [-0.05, 0) is 70.8 Å². The lowest BCUT2D eigenvalue weighted by Gasteiger charge is -2.10. The molecule has 0 atom stereocenters. The van der Waals surface area contributed by atoms with E-state index in [1.807, 2.05) is 72.0 Å². The number of hydrogen-bond donors (Lipinski definition) is 0. The van der Waals surface area contributed by atoms with Crippen LogP contribution in [0.2, 0.25) is 0 Å². The second-order valence-electron chi connectivity index (χ2n) is 16.2. The van der Waals surface area contributed by atoms with Gasteiger partial charge >= 0.3 is 0 Å². The molecule has 0 aliphatic rings. The normalized spacial score (nSPS) is 11.7. The number of fused-ring (bicyclic) bond motifs is 7. The fraction of sp³-hybridized carbons (Fsp3) is 0. The highest BCUT2D eigenvalue weighted by atomic mass is 32.1. The molecular formula is C58H35N5S2. The van der Waals surface area contributed by atoms with Crippen LogP contribution in [0.15, 0.2) is 212 Å². The highest BCUT2D eigenvalue weighted by molar-refractivity contribution is 7.27. The Kier molecular flexibility index (Phi) is 8.82. The molecule has 13 rings (SSSR count). The SMILES string of the molecule is c1ccc(-c2nc(-c3ccccc3)nc(-c3ccc4nc(-c5cccc(-n6c7ccccc7c7cc(-c8cccc9c8sc8c(-c%10ccccc%10)cccc89)ccc76)c5)sc4c3)n2)cc1. The molecule has 0 bridgehead atoms. The highest BCUT2D eigenvalue weighted by Gasteiger charge is 2.19. The predicted molar refractivity (Wildman–Crippen MR) is 273 cm³/mol. The molecule has 0 saturated carbocycles. The third-order valence-electron chi connectivity index (χ3n) is 12.3. The first-order valence-electron chi connectivity index (χ1n) is 21.6. The lowest BCUT2D eigenvalue weighted by atomic mass is 9.99. The molecule has 0 aliphatic heterocycles. The molecule has 0 N–H and O–H groups in total. The minimum absolute atomic E-state index is 0.628. The molecule has 65 heavy (non-hydrogen) atoms. The summed E-state index contributed by atoms with van der Waals surface area (Å²) >= 11 is 3.58. The van der Waals surface area contributed by atoms with Crippen molar-refractivity contribution in [1.82, 2.24) is 24.5 Å². The maximum Gasteiger partial charge on any atom is 0.164 e. The molecule has 9 aromatic carbocycles. The first-order chi connectivity index (χ1) is 32.2. The zero-order valence-electron chi connectivity index (χ0n) is 34.8. The van der Waals surface area contributed by atoms with Crippen molar-refractivity contribution in [2.45, 2.75) is 0 Å². The molecule has 0 fully saturated rings. The number of para-hydroxylation sites is 1. The Morgan fingerprint density at radius 1 is 0.323 bits per heavy atom. The highest BCUT2D eigenvalue weighted by Crippen LogP contribution is 2.45. The van der Waals surface area contributed by atoms with E-state index in [4.69, 9.17) is 19.9 Å². The van der Waals surface area contributed by atoms with Gasteiger partial charge in [-0.1, -0.05) is 164 Å². The van der Waals surface area contributed by atoms with Crippen molar-refractivity contribution in [3.05, 3.63) is 212 Å². The molecule has 304 valence electrons. The Hall–Kier alpha value is -8.10. The van der Waals surface area contributed by atoms with Crippen LogP contribution < -0.4 is 0 Å². The fourth-order valence-electron chi connectivity index (χ4n) is 9.21. The number of thiophene rings is 1. The van der Waals surface area contributed by atoms with E-state index in [0.717, 1.165) is 48.7 Å². The summed E-state index contributed by atoms with van der Waals surface area (Å²) in [7, 11) is 0. The summed E-state index contributed by atoms with van der Waals surface area (Å²) in [6.07, 6.45) is 0. The summed E-state index contributed by atoms with van der Waals surface area (Å²) in [6.45, 7) is 0. The van der Waals surface area contributed by atoms with Crippen LogP contribution in [0.3, 0.4) is 0 Å². The van der Waals surface area contributed by atoms with Crippen LogP contribution in [-0.2, 0) is 0 Å². The van der Waals surface area contributed by atoms with Gasteiger partial charge in [-0.2, -0.15) is 0 Å². The summed E-state index contributed by atoms with van der Waals surface area (Å²) in [5.74, 6) is 1.91. The molecular weight excluding hydrogens is 831 g/mol. The van der Waals surface area contributed by atoms with E-state index in [9.17, 15) is 0 Å². The molecule has 13 aromatic rings. The quantitative estimate of drug-likeness (QED) is 0.160. The molecule has 0 spiro atoms. The second-order valence-corrected chi connectivity index (χ2v) is 18.3. The monoisotopic (exact) mass is 865 g/mol. The minimum atomic E-state index is 0.628. The van der Waals surface area contributed by atoms with Gasteiger partial charge in [0.05, 0.1) is 21.3 Å². The molecule has 0 aliphatic carbocycles. The number of thiazole rings is 1. The summed E-state index contributed by atoms with van der Waals surface area (Å²) in [6, 6.07) is 75.2. The third kappa shape index (κ3) is 6.43. The molecule has 4 heterocycles. The lowest BCUT2D eigenvalue weighted by molar-refractivity contribution is 1.07. The topological polar surface area (TPSA) is 56.5 Å². The zero-order valence-corrected chi connectivity index (χ0v) is 36.4. The van der Waals surface area contributed by atoms with E-state index in [-0.39, 0.29) is 0 Å². The van der Waals surface area contributed by atoms with Gasteiger partial charge in [0, 0.05) is 58.9 Å². The van der Waals surface area contributed by atoms with Gasteiger partial charge < -0.3 is 4.57 Å². The van der Waals surface area contributed by atoms with E-state index < -0.39 is 0 Å². The first kappa shape index (κ1) is 37.5. The summed E-state index contributed by atoms with van der Waals surface area (Å²) in [4.78, 5) is 20.0. The number of benzene rings is 9. The van der Waals surface area contributed by atoms with E-state index in [1.54, 1.807) is 11.3 Å².